The first kappa shape index (κ1) is 16.8. The summed E-state index contributed by atoms with van der Waals surface area (Å²) < 4.78 is 65.9. The number of halogens is 6. The molecule has 0 aliphatic rings. The highest BCUT2D eigenvalue weighted by Crippen LogP contribution is 2.22. The molecule has 2 nitrogen and oxygen atoms in total. The van der Waals surface area contributed by atoms with Crippen LogP contribution in [-0.4, -0.2) is 31.3 Å². The summed E-state index contributed by atoms with van der Waals surface area (Å²) in [4.78, 5) is 11.4. The van der Waals surface area contributed by atoms with Gasteiger partial charge < -0.3 is 4.74 Å². The lowest BCUT2D eigenvalue weighted by Gasteiger charge is -2.14. The number of hydrogen-bond acceptors (Lipinski definition) is 2. The fourth-order valence-corrected chi connectivity index (χ4v) is 1.41. The molecule has 1 rings (SSSR count). The second kappa shape index (κ2) is 6.99. The predicted octanol–water partition coefficient (Wildman–Crippen LogP) is 3.51. The third kappa shape index (κ3) is 5.05. The minimum absolute atomic E-state index is 0.117. The molecule has 0 N–H and O–H groups in total. The van der Waals surface area contributed by atoms with Gasteiger partial charge in [-0.15, -0.1) is 0 Å². The van der Waals surface area contributed by atoms with Gasteiger partial charge in [0.15, 0.2) is 5.78 Å². The van der Waals surface area contributed by atoms with Crippen molar-refractivity contribution in [1.29, 1.82) is 0 Å². The van der Waals surface area contributed by atoms with E-state index in [0.29, 0.717) is 0 Å². The quantitative estimate of drug-likeness (QED) is 0.720. The Bertz CT molecular complexity index is 479. The van der Waals surface area contributed by atoms with Crippen molar-refractivity contribution in [2.24, 2.45) is 0 Å². The lowest BCUT2D eigenvalue weighted by Crippen LogP contribution is -2.33. The first-order valence-electron chi connectivity index (χ1n) is 5.41. The number of hydrogen-bond donors (Lipinski definition) is 0. The van der Waals surface area contributed by atoms with Gasteiger partial charge in [-0.25, -0.2) is 13.2 Å². The molecule has 1 aromatic carbocycles. The Morgan fingerprint density at radius 3 is 2.55 bits per heavy atom. The minimum atomic E-state index is -4.30. The van der Waals surface area contributed by atoms with Crippen LogP contribution in [-0.2, 0) is 16.0 Å². The molecule has 0 aliphatic heterocycles. The Morgan fingerprint density at radius 1 is 1.35 bits per heavy atom. The number of ether oxygens (including phenoxy) is 1. The molecule has 0 aromatic heterocycles. The van der Waals surface area contributed by atoms with Crippen molar-refractivity contribution in [3.8, 4) is 0 Å². The number of benzene rings is 1. The van der Waals surface area contributed by atoms with Gasteiger partial charge in [-0.2, -0.15) is 8.78 Å². The molecule has 0 fully saturated rings. The van der Waals surface area contributed by atoms with Crippen molar-refractivity contribution >= 4 is 17.4 Å². The SMILES string of the molecule is O=C(COCC(F)(F)C(F)F)Cc1ccc(Cl)c(F)c1. The van der Waals surface area contributed by atoms with Crippen molar-refractivity contribution in [3.05, 3.63) is 34.6 Å². The van der Waals surface area contributed by atoms with E-state index in [1.54, 1.807) is 0 Å². The Morgan fingerprint density at radius 2 is 2.00 bits per heavy atom. The van der Waals surface area contributed by atoms with Gasteiger partial charge >= 0.3 is 12.3 Å². The Hall–Kier alpha value is -1.21. The molecule has 0 bridgehead atoms. The second-order valence-electron chi connectivity index (χ2n) is 4.02. The van der Waals surface area contributed by atoms with E-state index in [4.69, 9.17) is 11.6 Å². The van der Waals surface area contributed by atoms with Crippen molar-refractivity contribution in [1.82, 2.24) is 0 Å². The van der Waals surface area contributed by atoms with E-state index in [0.717, 1.165) is 6.07 Å². The summed E-state index contributed by atoms with van der Waals surface area (Å²) in [6.07, 6.45) is -4.13. The molecule has 0 radical (unpaired) electrons. The van der Waals surface area contributed by atoms with Crippen LogP contribution in [0.15, 0.2) is 18.2 Å². The standard InChI is InChI=1S/C12H10ClF5O2/c13-9-2-1-7(4-10(9)14)3-8(19)5-20-6-12(17,18)11(15)16/h1-2,4,11H,3,5-6H2. The highest BCUT2D eigenvalue weighted by Gasteiger charge is 2.41. The summed E-state index contributed by atoms with van der Waals surface area (Å²) >= 11 is 5.44. The van der Waals surface area contributed by atoms with Crippen LogP contribution in [0.1, 0.15) is 5.56 Å². The largest absolute Gasteiger partial charge is 0.367 e. The summed E-state index contributed by atoms with van der Waals surface area (Å²) in [6, 6.07) is 3.65. The normalized spacial score (nSPS) is 11.9. The number of Topliss-reactive ketones (excluding diaryl/α,β-unsaturated/α-hetero) is 1. The molecule has 20 heavy (non-hydrogen) atoms. The van der Waals surface area contributed by atoms with Crippen LogP contribution < -0.4 is 0 Å². The second-order valence-corrected chi connectivity index (χ2v) is 4.43. The van der Waals surface area contributed by atoms with E-state index < -0.39 is 37.2 Å². The molecular formula is C12H10ClF5O2. The molecule has 0 heterocycles. The van der Waals surface area contributed by atoms with Crippen LogP contribution >= 0.6 is 11.6 Å². The lowest BCUT2D eigenvalue weighted by atomic mass is 10.1. The smallest absolute Gasteiger partial charge is 0.330 e. The molecule has 0 spiro atoms. The predicted molar refractivity (Wildman–Crippen MR) is 61.9 cm³/mol. The fraction of sp³-hybridized carbons (Fsp3) is 0.417. The van der Waals surface area contributed by atoms with Crippen molar-refractivity contribution in [3.63, 3.8) is 0 Å². The summed E-state index contributed by atoms with van der Waals surface area (Å²) in [7, 11) is 0. The molecular weight excluding hydrogens is 307 g/mol. The Balaban J connectivity index is 2.43. The molecule has 1 aromatic rings. The highest BCUT2D eigenvalue weighted by molar-refractivity contribution is 6.30. The van der Waals surface area contributed by atoms with Crippen LogP contribution in [0.25, 0.3) is 0 Å². The van der Waals surface area contributed by atoms with E-state index in [1.165, 1.54) is 12.1 Å². The maximum atomic E-state index is 13.1. The molecule has 0 atom stereocenters. The Kier molecular flexibility index (Phi) is 5.88. The third-order valence-corrected chi connectivity index (χ3v) is 2.57. The monoisotopic (exact) mass is 316 g/mol. The van der Waals surface area contributed by atoms with E-state index in [9.17, 15) is 26.7 Å². The number of carbonyl (C=O) groups excluding carboxylic acids is 1. The molecule has 112 valence electrons. The maximum absolute atomic E-state index is 13.1. The van der Waals surface area contributed by atoms with Crippen LogP contribution in [0.2, 0.25) is 5.02 Å². The van der Waals surface area contributed by atoms with Crippen LogP contribution in [0, 0.1) is 5.82 Å². The van der Waals surface area contributed by atoms with Gasteiger partial charge in [0, 0.05) is 6.42 Å². The van der Waals surface area contributed by atoms with Crippen molar-refractivity contribution in [2.45, 2.75) is 18.8 Å². The van der Waals surface area contributed by atoms with Gasteiger partial charge in [-0.05, 0) is 17.7 Å². The fourth-order valence-electron chi connectivity index (χ4n) is 1.29. The molecule has 8 heteroatoms. The van der Waals surface area contributed by atoms with Crippen LogP contribution in [0.4, 0.5) is 22.0 Å². The summed E-state index contributed by atoms with van der Waals surface area (Å²) in [5.74, 6) is -5.66. The molecule has 0 saturated heterocycles. The lowest BCUT2D eigenvalue weighted by molar-refractivity contribution is -0.168. The zero-order valence-electron chi connectivity index (χ0n) is 10.0. The number of alkyl halides is 4. The highest BCUT2D eigenvalue weighted by atomic mass is 35.5. The van der Waals surface area contributed by atoms with Gasteiger partial charge in [0.25, 0.3) is 0 Å². The first-order valence-corrected chi connectivity index (χ1v) is 5.79. The van der Waals surface area contributed by atoms with E-state index >= 15 is 0 Å². The third-order valence-electron chi connectivity index (χ3n) is 2.26. The molecule has 0 unspecified atom stereocenters. The van der Waals surface area contributed by atoms with Gasteiger partial charge in [0.05, 0.1) is 5.02 Å². The van der Waals surface area contributed by atoms with Gasteiger partial charge in [-0.1, -0.05) is 17.7 Å². The van der Waals surface area contributed by atoms with E-state index in [-0.39, 0.29) is 17.0 Å². The molecule has 0 saturated carbocycles. The zero-order valence-corrected chi connectivity index (χ0v) is 10.8. The minimum Gasteiger partial charge on any atom is -0.367 e. The summed E-state index contributed by atoms with van der Waals surface area (Å²) in [6.45, 7) is -2.31. The van der Waals surface area contributed by atoms with Crippen molar-refractivity contribution in [2.75, 3.05) is 13.2 Å². The van der Waals surface area contributed by atoms with Gasteiger partial charge in [0.2, 0.25) is 0 Å². The average Bonchev–Trinajstić information content (AvgIpc) is 2.33. The van der Waals surface area contributed by atoms with Gasteiger partial charge in [-0.3, -0.25) is 4.79 Å². The maximum Gasteiger partial charge on any atom is 0.330 e. The van der Waals surface area contributed by atoms with Gasteiger partial charge in [0.1, 0.15) is 19.0 Å². The van der Waals surface area contributed by atoms with Crippen LogP contribution in [0.5, 0.6) is 0 Å². The topological polar surface area (TPSA) is 26.3 Å². The van der Waals surface area contributed by atoms with Crippen LogP contribution in [0.3, 0.4) is 0 Å². The Labute approximate surface area is 116 Å². The summed E-state index contributed by atoms with van der Waals surface area (Å²) in [5, 5.41) is -0.117. The molecule has 0 amide bonds. The average molecular weight is 317 g/mol. The van der Waals surface area contributed by atoms with E-state index in [2.05, 4.69) is 4.74 Å². The number of ketones is 1. The van der Waals surface area contributed by atoms with E-state index in [1.807, 2.05) is 0 Å². The first-order chi connectivity index (χ1) is 9.22. The molecule has 0 aliphatic carbocycles. The van der Waals surface area contributed by atoms with Crippen molar-refractivity contribution < 1.29 is 31.5 Å². The number of carbonyl (C=O) groups is 1. The number of rotatable bonds is 7. The zero-order chi connectivity index (χ0) is 15.3. The summed E-state index contributed by atoms with van der Waals surface area (Å²) in [5.41, 5.74) is 0.279.